The standard InChI is InChI=1S/C13H18BrN7/c1-8-10(14)9(2)21(19-8)13-17-11(15)16-12(18-13)20-6-4-3-5-7-20/h3-7H2,1-2H3,(H2,15,16,17,18). The fourth-order valence-electron chi connectivity index (χ4n) is 2.52. The molecule has 0 aliphatic carbocycles. The minimum absolute atomic E-state index is 0.226. The Morgan fingerprint density at radius 1 is 1.00 bits per heavy atom. The van der Waals surface area contributed by atoms with Gasteiger partial charge in [0.15, 0.2) is 0 Å². The lowest BCUT2D eigenvalue weighted by atomic mass is 10.1. The summed E-state index contributed by atoms with van der Waals surface area (Å²) in [5.74, 6) is 1.33. The molecule has 0 radical (unpaired) electrons. The molecule has 0 unspecified atom stereocenters. The highest BCUT2D eigenvalue weighted by Gasteiger charge is 2.18. The maximum atomic E-state index is 5.86. The van der Waals surface area contributed by atoms with E-state index in [0.717, 1.165) is 41.8 Å². The predicted molar refractivity (Wildman–Crippen MR) is 84.6 cm³/mol. The largest absolute Gasteiger partial charge is 0.368 e. The lowest BCUT2D eigenvalue weighted by Crippen LogP contribution is -2.31. The maximum absolute atomic E-state index is 5.86. The number of piperidine rings is 1. The van der Waals surface area contributed by atoms with E-state index in [4.69, 9.17) is 5.73 Å². The molecule has 3 rings (SSSR count). The summed E-state index contributed by atoms with van der Waals surface area (Å²) in [6, 6.07) is 0. The van der Waals surface area contributed by atoms with Crippen molar-refractivity contribution < 1.29 is 0 Å². The van der Waals surface area contributed by atoms with E-state index < -0.39 is 0 Å². The molecule has 1 fully saturated rings. The van der Waals surface area contributed by atoms with E-state index in [1.807, 2.05) is 13.8 Å². The topological polar surface area (TPSA) is 85.8 Å². The first-order valence-electron chi connectivity index (χ1n) is 7.05. The van der Waals surface area contributed by atoms with Gasteiger partial charge in [0.05, 0.1) is 15.9 Å². The Morgan fingerprint density at radius 2 is 1.67 bits per heavy atom. The summed E-state index contributed by atoms with van der Waals surface area (Å²) in [5, 5.41) is 4.45. The van der Waals surface area contributed by atoms with Gasteiger partial charge in [-0.1, -0.05) is 0 Å². The van der Waals surface area contributed by atoms with E-state index in [0.29, 0.717) is 11.9 Å². The normalized spacial score (nSPS) is 15.5. The van der Waals surface area contributed by atoms with Crippen LogP contribution in [0.25, 0.3) is 5.95 Å². The van der Waals surface area contributed by atoms with Gasteiger partial charge in [-0.2, -0.15) is 20.1 Å². The average molecular weight is 352 g/mol. The van der Waals surface area contributed by atoms with Crippen LogP contribution in [0.3, 0.4) is 0 Å². The van der Waals surface area contributed by atoms with Crippen LogP contribution in [0.1, 0.15) is 30.7 Å². The molecule has 0 amide bonds. The summed E-state index contributed by atoms with van der Waals surface area (Å²) in [6.45, 7) is 5.82. The van der Waals surface area contributed by atoms with Crippen molar-refractivity contribution in [1.29, 1.82) is 0 Å². The number of halogens is 1. The molecule has 3 heterocycles. The Kier molecular flexibility index (Phi) is 3.79. The molecule has 1 aliphatic heterocycles. The Hall–Kier alpha value is -1.70. The zero-order valence-electron chi connectivity index (χ0n) is 12.2. The molecular weight excluding hydrogens is 334 g/mol. The van der Waals surface area contributed by atoms with E-state index in [9.17, 15) is 0 Å². The number of aryl methyl sites for hydroxylation is 1. The molecule has 1 saturated heterocycles. The summed E-state index contributed by atoms with van der Waals surface area (Å²) >= 11 is 3.51. The molecule has 8 heteroatoms. The van der Waals surface area contributed by atoms with E-state index in [1.54, 1.807) is 4.68 Å². The van der Waals surface area contributed by atoms with E-state index in [1.165, 1.54) is 6.42 Å². The van der Waals surface area contributed by atoms with E-state index in [-0.39, 0.29) is 5.95 Å². The second-order valence-corrected chi connectivity index (χ2v) is 6.03. The SMILES string of the molecule is Cc1nn(-c2nc(N)nc(N3CCCCC3)n2)c(C)c1Br. The lowest BCUT2D eigenvalue weighted by molar-refractivity contribution is 0.566. The van der Waals surface area contributed by atoms with Crippen LogP contribution < -0.4 is 10.6 Å². The minimum Gasteiger partial charge on any atom is -0.368 e. The summed E-state index contributed by atoms with van der Waals surface area (Å²) < 4.78 is 2.66. The van der Waals surface area contributed by atoms with Gasteiger partial charge in [0.2, 0.25) is 11.9 Å². The van der Waals surface area contributed by atoms with Gasteiger partial charge >= 0.3 is 0 Å². The second kappa shape index (κ2) is 5.59. The Morgan fingerprint density at radius 3 is 2.29 bits per heavy atom. The van der Waals surface area contributed by atoms with Crippen molar-refractivity contribution >= 4 is 27.8 Å². The summed E-state index contributed by atoms with van der Waals surface area (Å²) in [4.78, 5) is 15.2. The molecule has 2 aromatic rings. The van der Waals surface area contributed by atoms with Crippen LogP contribution in [-0.4, -0.2) is 37.8 Å². The summed E-state index contributed by atoms with van der Waals surface area (Å²) in [6.07, 6.45) is 3.58. The number of nitrogen functional groups attached to an aromatic ring is 1. The zero-order valence-corrected chi connectivity index (χ0v) is 13.8. The number of nitrogens with zero attached hydrogens (tertiary/aromatic N) is 6. The van der Waals surface area contributed by atoms with Gasteiger partial charge in [-0.25, -0.2) is 4.68 Å². The van der Waals surface area contributed by atoms with Crippen molar-refractivity contribution in [3.63, 3.8) is 0 Å². The zero-order chi connectivity index (χ0) is 15.0. The first-order chi connectivity index (χ1) is 10.1. The summed E-state index contributed by atoms with van der Waals surface area (Å²) in [5.41, 5.74) is 7.70. The van der Waals surface area contributed by atoms with Crippen LogP contribution in [0.5, 0.6) is 0 Å². The smallest absolute Gasteiger partial charge is 0.257 e. The number of rotatable bonds is 2. The third-order valence-corrected chi connectivity index (χ3v) is 4.81. The number of hydrogen-bond donors (Lipinski definition) is 1. The molecule has 112 valence electrons. The van der Waals surface area contributed by atoms with Crippen molar-refractivity contribution in [3.05, 3.63) is 15.9 Å². The monoisotopic (exact) mass is 351 g/mol. The summed E-state index contributed by atoms with van der Waals surface area (Å²) in [7, 11) is 0. The predicted octanol–water partition coefficient (Wildman–Crippen LogP) is 2.01. The molecule has 0 aromatic carbocycles. The van der Waals surface area contributed by atoms with E-state index >= 15 is 0 Å². The molecule has 1 aliphatic rings. The van der Waals surface area contributed by atoms with Crippen LogP contribution in [-0.2, 0) is 0 Å². The van der Waals surface area contributed by atoms with Gasteiger partial charge in [-0.15, -0.1) is 0 Å². The van der Waals surface area contributed by atoms with Gasteiger partial charge in [-0.05, 0) is 49.0 Å². The van der Waals surface area contributed by atoms with Crippen LogP contribution in [0, 0.1) is 13.8 Å². The number of hydrogen-bond acceptors (Lipinski definition) is 6. The third-order valence-electron chi connectivity index (χ3n) is 3.66. The Balaban J connectivity index is 2.02. The lowest BCUT2D eigenvalue weighted by Gasteiger charge is -2.26. The Labute approximate surface area is 131 Å². The van der Waals surface area contributed by atoms with Gasteiger partial charge in [0, 0.05) is 13.1 Å². The molecule has 0 bridgehead atoms. The molecular formula is C13H18BrN7. The van der Waals surface area contributed by atoms with E-state index in [2.05, 4.69) is 40.9 Å². The molecule has 0 spiro atoms. The molecule has 0 atom stereocenters. The quantitative estimate of drug-likeness (QED) is 0.890. The fourth-order valence-corrected chi connectivity index (χ4v) is 2.77. The van der Waals surface area contributed by atoms with Gasteiger partial charge in [0.25, 0.3) is 5.95 Å². The second-order valence-electron chi connectivity index (χ2n) is 5.24. The van der Waals surface area contributed by atoms with Gasteiger partial charge in [0.1, 0.15) is 0 Å². The van der Waals surface area contributed by atoms with Crippen molar-refractivity contribution in [1.82, 2.24) is 24.7 Å². The molecule has 21 heavy (non-hydrogen) atoms. The molecule has 2 N–H and O–H groups in total. The highest BCUT2D eigenvalue weighted by molar-refractivity contribution is 9.10. The number of aromatic nitrogens is 5. The molecule has 2 aromatic heterocycles. The highest BCUT2D eigenvalue weighted by atomic mass is 79.9. The average Bonchev–Trinajstić information content (AvgIpc) is 2.75. The Bertz CT molecular complexity index is 661. The first-order valence-corrected chi connectivity index (χ1v) is 7.84. The maximum Gasteiger partial charge on any atom is 0.257 e. The van der Waals surface area contributed by atoms with Crippen LogP contribution in [0.15, 0.2) is 4.47 Å². The molecule has 7 nitrogen and oxygen atoms in total. The molecule has 0 saturated carbocycles. The highest BCUT2D eigenvalue weighted by Crippen LogP contribution is 2.23. The van der Waals surface area contributed by atoms with Gasteiger partial charge in [-0.3, -0.25) is 0 Å². The number of nitrogens with two attached hydrogens (primary N) is 1. The van der Waals surface area contributed by atoms with Crippen molar-refractivity contribution in [2.75, 3.05) is 23.7 Å². The first kappa shape index (κ1) is 14.2. The third kappa shape index (κ3) is 2.72. The van der Waals surface area contributed by atoms with Crippen LogP contribution in [0.2, 0.25) is 0 Å². The minimum atomic E-state index is 0.226. The van der Waals surface area contributed by atoms with Crippen molar-refractivity contribution in [3.8, 4) is 5.95 Å². The number of anilines is 2. The fraction of sp³-hybridized carbons (Fsp3) is 0.538. The van der Waals surface area contributed by atoms with Crippen LogP contribution in [0.4, 0.5) is 11.9 Å². The van der Waals surface area contributed by atoms with Crippen molar-refractivity contribution in [2.45, 2.75) is 33.1 Å². The van der Waals surface area contributed by atoms with Crippen molar-refractivity contribution in [2.24, 2.45) is 0 Å². The van der Waals surface area contributed by atoms with Gasteiger partial charge < -0.3 is 10.6 Å². The van der Waals surface area contributed by atoms with Crippen LogP contribution >= 0.6 is 15.9 Å².